The summed E-state index contributed by atoms with van der Waals surface area (Å²) in [5.41, 5.74) is 9.84. The Hall–Kier alpha value is -2.08. The van der Waals surface area contributed by atoms with E-state index in [2.05, 4.69) is 41.6 Å². The molecule has 26 heavy (non-hydrogen) atoms. The maximum atomic E-state index is 14.2. The quantitative estimate of drug-likeness (QED) is 0.621. The largest absolute Gasteiger partial charge is 0.337 e. The molecular weight excluding hydrogens is 345 g/mol. The van der Waals surface area contributed by atoms with Gasteiger partial charge in [0.25, 0.3) is 0 Å². The molecule has 0 amide bonds. The lowest BCUT2D eigenvalue weighted by molar-refractivity contribution is 0.555. The number of rotatable bonds is 6. The fraction of sp³-hybridized carbons (Fsp3) is 0.238. The Morgan fingerprint density at radius 2 is 1.96 bits per heavy atom. The number of hydrogen-bond donors (Lipinski definition) is 1. The minimum Gasteiger partial charge on any atom is -0.337 e. The van der Waals surface area contributed by atoms with Crippen LogP contribution in [-0.4, -0.2) is 29.5 Å². The first-order valence-corrected chi connectivity index (χ1v) is 9.36. The smallest absolute Gasteiger partial charge is 0.117 e. The summed E-state index contributed by atoms with van der Waals surface area (Å²) in [6.07, 6.45) is 1.43. The van der Waals surface area contributed by atoms with E-state index in [1.165, 1.54) is 11.0 Å². The molecule has 3 aromatic rings. The number of allylic oxidation sites excluding steroid dienone is 1. The third-order valence-corrected chi connectivity index (χ3v) is 5.12. The van der Waals surface area contributed by atoms with Crippen molar-refractivity contribution in [3.8, 4) is 11.1 Å². The van der Waals surface area contributed by atoms with E-state index in [9.17, 15) is 4.39 Å². The van der Waals surface area contributed by atoms with Crippen LogP contribution in [0.4, 0.5) is 4.39 Å². The molecule has 2 aromatic carbocycles. The molecule has 2 N–H and O–H groups in total. The van der Waals surface area contributed by atoms with Crippen LogP contribution >= 0.6 is 11.9 Å². The van der Waals surface area contributed by atoms with E-state index >= 15 is 0 Å². The van der Waals surface area contributed by atoms with E-state index in [-0.39, 0.29) is 18.9 Å². The van der Waals surface area contributed by atoms with Crippen LogP contribution in [0.2, 0.25) is 0 Å². The zero-order chi connectivity index (χ0) is 18.7. The molecule has 0 saturated heterocycles. The molecule has 0 aliphatic carbocycles. The van der Waals surface area contributed by atoms with Gasteiger partial charge in [-0.1, -0.05) is 30.3 Å². The van der Waals surface area contributed by atoms with Gasteiger partial charge in [0.2, 0.25) is 0 Å². The van der Waals surface area contributed by atoms with Crippen molar-refractivity contribution in [1.82, 2.24) is 8.87 Å². The van der Waals surface area contributed by atoms with E-state index in [0.29, 0.717) is 0 Å². The van der Waals surface area contributed by atoms with Crippen molar-refractivity contribution in [3.05, 3.63) is 66.1 Å². The van der Waals surface area contributed by atoms with Crippen LogP contribution < -0.4 is 5.73 Å². The minimum atomic E-state index is -0.209. The number of benzene rings is 2. The lowest BCUT2D eigenvalue weighted by atomic mass is 10.0. The molecule has 5 heteroatoms. The normalized spacial score (nSPS) is 12.3. The van der Waals surface area contributed by atoms with E-state index in [1.807, 2.05) is 36.9 Å². The molecule has 0 bridgehead atoms. The van der Waals surface area contributed by atoms with Crippen molar-refractivity contribution >= 4 is 22.9 Å². The summed E-state index contributed by atoms with van der Waals surface area (Å²) in [7, 11) is 4.06. The highest BCUT2D eigenvalue weighted by Gasteiger charge is 2.16. The molecule has 0 aliphatic heterocycles. The summed E-state index contributed by atoms with van der Waals surface area (Å²) in [5.74, 6) is -0.209. The number of aromatic nitrogens is 1. The molecule has 3 rings (SSSR count). The Morgan fingerprint density at radius 3 is 2.69 bits per heavy atom. The number of hydrogen-bond acceptors (Lipinski definition) is 3. The van der Waals surface area contributed by atoms with E-state index in [4.69, 9.17) is 5.73 Å². The van der Waals surface area contributed by atoms with Gasteiger partial charge in [-0.2, -0.15) is 0 Å². The summed E-state index contributed by atoms with van der Waals surface area (Å²) >= 11 is 1.69. The van der Waals surface area contributed by atoms with Crippen LogP contribution in [-0.2, 0) is 6.54 Å². The summed E-state index contributed by atoms with van der Waals surface area (Å²) < 4.78 is 18.3. The summed E-state index contributed by atoms with van der Waals surface area (Å²) in [4.78, 5) is 1.18. The Morgan fingerprint density at radius 1 is 1.19 bits per heavy atom. The third-order valence-electron chi connectivity index (χ3n) is 4.29. The predicted molar refractivity (Wildman–Crippen MR) is 110 cm³/mol. The van der Waals surface area contributed by atoms with Gasteiger partial charge in [0.1, 0.15) is 5.83 Å². The van der Waals surface area contributed by atoms with Crippen LogP contribution in [0.3, 0.4) is 0 Å². The number of nitrogens with two attached hydrogens (primary N) is 1. The van der Waals surface area contributed by atoms with Crippen molar-refractivity contribution in [2.45, 2.75) is 18.4 Å². The van der Waals surface area contributed by atoms with Gasteiger partial charge < -0.3 is 10.3 Å². The van der Waals surface area contributed by atoms with Crippen LogP contribution in [0.25, 0.3) is 22.0 Å². The second-order valence-corrected chi connectivity index (χ2v) is 7.77. The maximum absolute atomic E-state index is 14.2. The Bertz CT molecular complexity index is 944. The van der Waals surface area contributed by atoms with Gasteiger partial charge >= 0.3 is 0 Å². The zero-order valence-electron chi connectivity index (χ0n) is 15.4. The second-order valence-electron chi connectivity index (χ2n) is 6.38. The number of halogens is 1. The Balaban J connectivity index is 2.15. The molecule has 0 fully saturated rings. The van der Waals surface area contributed by atoms with Crippen LogP contribution in [0, 0.1) is 6.92 Å². The van der Waals surface area contributed by atoms with Gasteiger partial charge in [0, 0.05) is 33.6 Å². The molecule has 1 aromatic heterocycles. The highest BCUT2D eigenvalue weighted by molar-refractivity contribution is 7.97. The van der Waals surface area contributed by atoms with Gasteiger partial charge in [0.05, 0.1) is 6.54 Å². The molecule has 0 radical (unpaired) electrons. The minimum absolute atomic E-state index is 0.204. The van der Waals surface area contributed by atoms with Crippen molar-refractivity contribution in [1.29, 1.82) is 0 Å². The highest BCUT2D eigenvalue weighted by atomic mass is 32.2. The maximum Gasteiger partial charge on any atom is 0.117 e. The van der Waals surface area contributed by atoms with E-state index in [0.717, 1.165) is 27.7 Å². The molecule has 0 atom stereocenters. The summed E-state index contributed by atoms with van der Waals surface area (Å²) in [6, 6.07) is 16.6. The predicted octanol–water partition coefficient (Wildman–Crippen LogP) is 5.00. The van der Waals surface area contributed by atoms with Crippen molar-refractivity contribution in [3.63, 3.8) is 0 Å². The molecule has 0 unspecified atom stereocenters. The van der Waals surface area contributed by atoms with E-state index in [1.54, 1.807) is 11.9 Å². The van der Waals surface area contributed by atoms with Crippen molar-refractivity contribution in [2.75, 3.05) is 20.6 Å². The molecule has 3 nitrogen and oxygen atoms in total. The molecule has 136 valence electrons. The van der Waals surface area contributed by atoms with Gasteiger partial charge in [-0.3, -0.25) is 4.31 Å². The van der Waals surface area contributed by atoms with Crippen LogP contribution in [0.15, 0.2) is 65.3 Å². The Labute approximate surface area is 158 Å². The van der Waals surface area contributed by atoms with Crippen LogP contribution in [0.1, 0.15) is 5.69 Å². The first-order valence-electron chi connectivity index (χ1n) is 8.59. The van der Waals surface area contributed by atoms with Gasteiger partial charge in [-0.15, -0.1) is 0 Å². The van der Waals surface area contributed by atoms with Crippen molar-refractivity contribution < 1.29 is 4.39 Å². The monoisotopic (exact) mass is 369 g/mol. The first-order chi connectivity index (χ1) is 12.5. The number of fused-ring (bicyclic) bond motifs is 1. The fourth-order valence-electron chi connectivity index (χ4n) is 3.26. The molecular formula is C21H24FN3S. The molecule has 0 saturated carbocycles. The topological polar surface area (TPSA) is 34.2 Å². The van der Waals surface area contributed by atoms with Gasteiger partial charge in [-0.25, -0.2) is 4.39 Å². The number of nitrogens with zero attached hydrogens (tertiary/aromatic N) is 2. The first kappa shape index (κ1) is 18.7. The fourth-order valence-corrected chi connectivity index (χ4v) is 4.00. The van der Waals surface area contributed by atoms with Gasteiger partial charge in [0.15, 0.2) is 0 Å². The SMILES string of the molecule is Cc1c(-c2cccc(SN(C)C)c2)c2ccccc2n1C/C(F)=C/CN. The van der Waals surface area contributed by atoms with Crippen LogP contribution in [0.5, 0.6) is 0 Å². The molecule has 0 spiro atoms. The van der Waals surface area contributed by atoms with Gasteiger partial charge in [-0.05, 0) is 62.8 Å². The number of para-hydroxylation sites is 1. The third kappa shape index (κ3) is 3.85. The second kappa shape index (κ2) is 8.08. The standard InChI is InChI=1S/C21H24FN3S/c1-15-21(16-7-6-8-18(13-16)26-24(2)3)19-9-4-5-10-20(19)25(15)14-17(22)11-12-23/h4-11,13H,12,14,23H2,1-3H3/b17-11-. The Kier molecular flexibility index (Phi) is 5.81. The van der Waals surface area contributed by atoms with Crippen molar-refractivity contribution in [2.24, 2.45) is 5.73 Å². The van der Waals surface area contributed by atoms with E-state index < -0.39 is 0 Å². The zero-order valence-corrected chi connectivity index (χ0v) is 16.2. The lowest BCUT2D eigenvalue weighted by Gasteiger charge is -2.11. The summed E-state index contributed by atoms with van der Waals surface area (Å²) in [5, 5.41) is 1.14. The average molecular weight is 370 g/mol. The molecule has 0 aliphatic rings. The molecule has 1 heterocycles. The summed E-state index contributed by atoms with van der Waals surface area (Å²) in [6.45, 7) is 2.47. The average Bonchev–Trinajstić information content (AvgIpc) is 2.87. The highest BCUT2D eigenvalue weighted by Crippen LogP contribution is 2.36. The lowest BCUT2D eigenvalue weighted by Crippen LogP contribution is -2.03.